The molecule has 6 nitrogen and oxygen atoms in total. The van der Waals surface area contributed by atoms with Crippen LogP contribution in [0.2, 0.25) is 0 Å². The predicted octanol–water partition coefficient (Wildman–Crippen LogP) is 3.70. The average molecular weight is 374 g/mol. The van der Waals surface area contributed by atoms with E-state index in [1.54, 1.807) is 6.33 Å². The minimum atomic E-state index is 0.363. The summed E-state index contributed by atoms with van der Waals surface area (Å²) in [6.07, 6.45) is 11.7. The number of hydrogen-bond donors (Lipinski definition) is 1. The lowest BCUT2D eigenvalue weighted by atomic mass is 9.93. The van der Waals surface area contributed by atoms with Gasteiger partial charge in [-0.3, -0.25) is 4.79 Å². The summed E-state index contributed by atoms with van der Waals surface area (Å²) in [4.78, 5) is 25.8. The highest BCUT2D eigenvalue weighted by atomic mass is 16.2. The Balaban J connectivity index is 1.49. The van der Waals surface area contributed by atoms with Crippen LogP contribution >= 0.6 is 0 Å². The van der Waals surface area contributed by atoms with E-state index in [1.165, 1.54) is 38.5 Å². The number of aromatic nitrogens is 2. The Morgan fingerprint density at radius 3 is 2.74 bits per heavy atom. The zero-order valence-electron chi connectivity index (χ0n) is 16.8. The smallest absolute Gasteiger partial charge is 0.222 e. The second-order valence-electron chi connectivity index (χ2n) is 7.98. The Morgan fingerprint density at radius 1 is 1.15 bits per heavy atom. The van der Waals surface area contributed by atoms with E-state index < -0.39 is 0 Å². The minimum Gasteiger partial charge on any atom is -0.370 e. The van der Waals surface area contributed by atoms with Gasteiger partial charge in [-0.25, -0.2) is 9.97 Å². The minimum absolute atomic E-state index is 0.363. The van der Waals surface area contributed by atoms with Gasteiger partial charge in [0, 0.05) is 45.2 Å². The number of amides is 1. The normalized spacial score (nSPS) is 21.0. The van der Waals surface area contributed by atoms with Crippen molar-refractivity contribution in [2.45, 2.75) is 64.7 Å². The molecular formula is C21H35N5O. The highest BCUT2D eigenvalue weighted by Gasteiger charge is 2.23. The van der Waals surface area contributed by atoms with Gasteiger partial charge in [0.15, 0.2) is 0 Å². The summed E-state index contributed by atoms with van der Waals surface area (Å²) >= 11 is 0. The Hall–Kier alpha value is -1.85. The van der Waals surface area contributed by atoms with Crippen LogP contribution in [0, 0.1) is 5.92 Å². The van der Waals surface area contributed by atoms with Crippen molar-refractivity contribution in [1.82, 2.24) is 14.9 Å². The third-order valence-corrected chi connectivity index (χ3v) is 5.78. The van der Waals surface area contributed by atoms with E-state index in [9.17, 15) is 4.79 Å². The zero-order chi connectivity index (χ0) is 18.9. The molecule has 3 heterocycles. The van der Waals surface area contributed by atoms with Crippen LogP contribution in [0.15, 0.2) is 12.4 Å². The lowest BCUT2D eigenvalue weighted by Gasteiger charge is -2.34. The van der Waals surface area contributed by atoms with Gasteiger partial charge in [0.1, 0.15) is 18.0 Å². The van der Waals surface area contributed by atoms with Crippen molar-refractivity contribution >= 4 is 17.5 Å². The zero-order valence-corrected chi connectivity index (χ0v) is 16.8. The van der Waals surface area contributed by atoms with Crippen LogP contribution in [0.25, 0.3) is 0 Å². The third-order valence-electron chi connectivity index (χ3n) is 5.78. The Labute approximate surface area is 163 Å². The van der Waals surface area contributed by atoms with E-state index in [0.717, 1.165) is 57.2 Å². The van der Waals surface area contributed by atoms with Crippen LogP contribution in [0.1, 0.15) is 64.7 Å². The molecule has 0 saturated carbocycles. The molecule has 0 unspecified atom stereocenters. The van der Waals surface area contributed by atoms with Crippen molar-refractivity contribution in [1.29, 1.82) is 0 Å². The summed E-state index contributed by atoms with van der Waals surface area (Å²) < 4.78 is 0. The first-order valence-electron chi connectivity index (χ1n) is 10.8. The van der Waals surface area contributed by atoms with Crippen LogP contribution in [0.4, 0.5) is 11.6 Å². The van der Waals surface area contributed by atoms with E-state index in [-0.39, 0.29) is 0 Å². The van der Waals surface area contributed by atoms with E-state index in [0.29, 0.717) is 18.2 Å². The SMILES string of the molecule is CCCNc1cc(N2CCC[C@H](CCC(=O)N3CCCCCC3)C2)ncn1. The molecule has 27 heavy (non-hydrogen) atoms. The molecule has 2 aliphatic heterocycles. The molecule has 0 bridgehead atoms. The molecule has 1 aromatic rings. The first-order chi connectivity index (χ1) is 13.3. The lowest BCUT2D eigenvalue weighted by molar-refractivity contribution is -0.131. The van der Waals surface area contributed by atoms with Gasteiger partial charge in [0.25, 0.3) is 0 Å². The van der Waals surface area contributed by atoms with Crippen molar-refractivity contribution < 1.29 is 4.79 Å². The third kappa shape index (κ3) is 6.08. The topological polar surface area (TPSA) is 61.4 Å². The first kappa shape index (κ1) is 19.9. The van der Waals surface area contributed by atoms with Gasteiger partial charge in [0.2, 0.25) is 5.91 Å². The molecule has 6 heteroatoms. The Bertz CT molecular complexity index is 586. The number of carbonyl (C=O) groups excluding carboxylic acids is 1. The fraction of sp³-hybridized carbons (Fsp3) is 0.762. The van der Waals surface area contributed by atoms with Gasteiger partial charge in [0.05, 0.1) is 0 Å². The molecule has 1 atom stereocenters. The van der Waals surface area contributed by atoms with Crippen molar-refractivity contribution in [3.05, 3.63) is 12.4 Å². The summed E-state index contributed by atoms with van der Waals surface area (Å²) in [6, 6.07) is 2.06. The van der Waals surface area contributed by atoms with E-state index in [4.69, 9.17) is 0 Å². The van der Waals surface area contributed by atoms with Crippen LogP contribution in [-0.2, 0) is 4.79 Å². The summed E-state index contributed by atoms with van der Waals surface area (Å²) in [5.41, 5.74) is 0. The fourth-order valence-electron chi connectivity index (χ4n) is 4.18. The Kier molecular flexibility index (Phi) is 7.72. The average Bonchev–Trinajstić information content (AvgIpc) is 3.00. The summed E-state index contributed by atoms with van der Waals surface area (Å²) in [5.74, 6) is 2.85. The molecule has 2 saturated heterocycles. The van der Waals surface area contributed by atoms with Crippen molar-refractivity contribution in [2.75, 3.05) is 42.9 Å². The second-order valence-corrected chi connectivity index (χ2v) is 7.98. The van der Waals surface area contributed by atoms with Gasteiger partial charge in [-0.2, -0.15) is 0 Å². The highest BCUT2D eigenvalue weighted by Crippen LogP contribution is 2.26. The standard InChI is InChI=1S/C21H35N5O/c1-2-11-22-19-15-20(24-17-23-19)26-14-7-8-18(16-26)9-10-21(27)25-12-5-3-4-6-13-25/h15,17-18H,2-14,16H2,1H3,(H,22,23,24)/t18-/m1/s1. The number of carbonyl (C=O) groups is 1. The summed E-state index contributed by atoms with van der Waals surface area (Å²) in [5, 5.41) is 3.34. The predicted molar refractivity (Wildman–Crippen MR) is 110 cm³/mol. The lowest BCUT2D eigenvalue weighted by Crippen LogP contribution is -2.37. The maximum absolute atomic E-state index is 12.6. The van der Waals surface area contributed by atoms with Crippen LogP contribution in [0.5, 0.6) is 0 Å². The molecule has 0 radical (unpaired) electrons. The van der Waals surface area contributed by atoms with Gasteiger partial charge >= 0.3 is 0 Å². The molecule has 3 rings (SSSR count). The Morgan fingerprint density at radius 2 is 1.96 bits per heavy atom. The molecule has 2 fully saturated rings. The summed E-state index contributed by atoms with van der Waals surface area (Å²) in [6.45, 7) is 7.04. The number of rotatable bonds is 7. The summed E-state index contributed by atoms with van der Waals surface area (Å²) in [7, 11) is 0. The van der Waals surface area contributed by atoms with Gasteiger partial charge in [-0.1, -0.05) is 19.8 Å². The molecule has 0 aromatic carbocycles. The van der Waals surface area contributed by atoms with E-state index in [1.807, 2.05) is 0 Å². The van der Waals surface area contributed by atoms with Crippen LogP contribution in [-0.4, -0.2) is 53.5 Å². The van der Waals surface area contributed by atoms with Crippen molar-refractivity contribution in [3.8, 4) is 0 Å². The van der Waals surface area contributed by atoms with Crippen molar-refractivity contribution in [2.24, 2.45) is 5.92 Å². The number of nitrogens with zero attached hydrogens (tertiary/aromatic N) is 4. The number of hydrogen-bond acceptors (Lipinski definition) is 5. The van der Waals surface area contributed by atoms with E-state index >= 15 is 0 Å². The number of anilines is 2. The maximum Gasteiger partial charge on any atom is 0.222 e. The van der Waals surface area contributed by atoms with E-state index in [2.05, 4.69) is 38.1 Å². The number of likely N-dealkylation sites (tertiary alicyclic amines) is 1. The molecular weight excluding hydrogens is 338 g/mol. The fourth-order valence-corrected chi connectivity index (χ4v) is 4.18. The molecule has 1 amide bonds. The largest absolute Gasteiger partial charge is 0.370 e. The van der Waals surface area contributed by atoms with Crippen molar-refractivity contribution in [3.63, 3.8) is 0 Å². The van der Waals surface area contributed by atoms with Crippen LogP contribution < -0.4 is 10.2 Å². The molecule has 1 aromatic heterocycles. The molecule has 2 aliphatic rings. The van der Waals surface area contributed by atoms with Gasteiger partial charge < -0.3 is 15.1 Å². The van der Waals surface area contributed by atoms with Crippen LogP contribution in [0.3, 0.4) is 0 Å². The quantitative estimate of drug-likeness (QED) is 0.790. The monoisotopic (exact) mass is 373 g/mol. The molecule has 0 spiro atoms. The second kappa shape index (κ2) is 10.5. The molecule has 1 N–H and O–H groups in total. The number of nitrogens with one attached hydrogen (secondary N) is 1. The maximum atomic E-state index is 12.6. The molecule has 0 aliphatic carbocycles. The number of piperidine rings is 1. The molecule has 150 valence electrons. The van der Waals surface area contributed by atoms with Gasteiger partial charge in [-0.05, 0) is 44.4 Å². The van der Waals surface area contributed by atoms with Gasteiger partial charge in [-0.15, -0.1) is 0 Å². The highest BCUT2D eigenvalue weighted by molar-refractivity contribution is 5.76. The first-order valence-corrected chi connectivity index (χ1v) is 10.8.